The number of hydrogen-bond acceptors (Lipinski definition) is 10. The Kier molecular flexibility index (Phi) is 8.81. The number of esters is 1. The van der Waals surface area contributed by atoms with Gasteiger partial charge in [-0.15, -0.1) is 0 Å². The molecule has 0 unspecified atom stereocenters. The number of nitro benzene ring substituents is 1. The minimum atomic E-state index is -0.885. The molecule has 0 bridgehead atoms. The number of methoxy groups -OCH3 is 1. The van der Waals surface area contributed by atoms with Gasteiger partial charge in [-0.2, -0.15) is 0 Å². The number of para-hydroxylation sites is 1. The van der Waals surface area contributed by atoms with Crippen molar-refractivity contribution in [3.8, 4) is 22.8 Å². The number of carbonyl (C=O) groups is 1. The van der Waals surface area contributed by atoms with Gasteiger partial charge in [-0.05, 0) is 57.0 Å². The van der Waals surface area contributed by atoms with E-state index in [0.717, 1.165) is 6.42 Å². The molecule has 2 aromatic carbocycles. The predicted octanol–water partition coefficient (Wildman–Crippen LogP) is 5.07. The number of ether oxygens (including phenoxy) is 3. The molecule has 228 valence electrons. The number of allylic oxidation sites excluding steroid dienone is 1. The normalized spacial score (nSPS) is 14.7. The molecule has 12 heteroatoms. The molecular formula is C32H31N3O8S. The van der Waals surface area contributed by atoms with Crippen molar-refractivity contribution in [2.24, 2.45) is 4.99 Å². The number of aromatic nitrogens is 1. The lowest BCUT2D eigenvalue weighted by molar-refractivity contribution is -0.384. The Morgan fingerprint density at radius 1 is 1.18 bits per heavy atom. The van der Waals surface area contributed by atoms with Gasteiger partial charge < -0.3 is 18.6 Å². The lowest BCUT2D eigenvalue weighted by Gasteiger charge is -2.27. The highest BCUT2D eigenvalue weighted by Crippen LogP contribution is 2.41. The zero-order valence-electron chi connectivity index (χ0n) is 24.9. The lowest BCUT2D eigenvalue weighted by Crippen LogP contribution is -2.40. The number of fused-ring (bicyclic) bond motifs is 1. The first-order chi connectivity index (χ1) is 21.2. The number of carbonyl (C=O) groups excluding carboxylic acids is 1. The molecule has 0 saturated carbocycles. The van der Waals surface area contributed by atoms with Crippen LogP contribution in [0.4, 0.5) is 5.69 Å². The molecule has 1 aliphatic rings. The monoisotopic (exact) mass is 617 g/mol. The third-order valence-electron chi connectivity index (χ3n) is 7.08. The van der Waals surface area contributed by atoms with E-state index in [0.29, 0.717) is 61.3 Å². The maximum atomic E-state index is 14.1. The zero-order valence-corrected chi connectivity index (χ0v) is 25.7. The molecule has 1 atom stereocenters. The molecule has 2 aromatic heterocycles. The molecule has 0 amide bonds. The third-order valence-corrected chi connectivity index (χ3v) is 8.06. The van der Waals surface area contributed by atoms with E-state index in [1.807, 2.05) is 6.92 Å². The van der Waals surface area contributed by atoms with Crippen LogP contribution in [-0.2, 0) is 9.53 Å². The van der Waals surface area contributed by atoms with E-state index in [1.165, 1.54) is 35.1 Å². The SMILES string of the molecule is CCCOc1c(OC)cccc1[C@@H]1C(C(=O)OCC)=C(C)N=c2s/c(=C/c3ccc(-c4ccc([N+](=O)[O-])cc4C)o3)c(=O)n21. The topological polar surface area (TPSA) is 135 Å². The summed E-state index contributed by atoms with van der Waals surface area (Å²) >= 11 is 1.17. The van der Waals surface area contributed by atoms with Gasteiger partial charge in [0.1, 0.15) is 17.6 Å². The van der Waals surface area contributed by atoms with Crippen molar-refractivity contribution in [1.29, 1.82) is 0 Å². The van der Waals surface area contributed by atoms with Crippen LogP contribution in [0.1, 0.15) is 50.1 Å². The van der Waals surface area contributed by atoms with E-state index >= 15 is 0 Å². The average molecular weight is 618 g/mol. The summed E-state index contributed by atoms with van der Waals surface area (Å²) in [6.45, 7) is 7.74. The Morgan fingerprint density at radius 3 is 2.66 bits per heavy atom. The number of benzene rings is 2. The molecule has 0 radical (unpaired) electrons. The molecule has 3 heterocycles. The van der Waals surface area contributed by atoms with E-state index in [9.17, 15) is 19.7 Å². The first kappa shape index (κ1) is 30.5. The molecule has 0 N–H and O–H groups in total. The Morgan fingerprint density at radius 2 is 1.98 bits per heavy atom. The second-order valence-corrected chi connectivity index (χ2v) is 11.0. The van der Waals surface area contributed by atoms with E-state index in [4.69, 9.17) is 18.6 Å². The van der Waals surface area contributed by atoms with Crippen molar-refractivity contribution in [1.82, 2.24) is 4.57 Å². The zero-order chi connectivity index (χ0) is 31.5. The summed E-state index contributed by atoms with van der Waals surface area (Å²) in [5.74, 6) is 1.24. The van der Waals surface area contributed by atoms with E-state index in [1.54, 1.807) is 63.2 Å². The predicted molar refractivity (Wildman–Crippen MR) is 165 cm³/mol. The molecular weight excluding hydrogens is 586 g/mol. The van der Waals surface area contributed by atoms with Gasteiger partial charge in [0, 0.05) is 29.3 Å². The maximum Gasteiger partial charge on any atom is 0.338 e. The van der Waals surface area contributed by atoms with Crippen LogP contribution in [-0.4, -0.2) is 35.8 Å². The standard InChI is InChI=1S/C32H31N3O8S/c1-6-15-42-29-23(9-8-10-25(29)40-5)28-27(31(37)41-7-2)19(4)33-32-34(28)30(36)26(44-32)17-21-12-14-24(43-21)22-13-11-20(35(38)39)16-18(22)3/h8-14,16-17,28H,6-7,15H2,1-5H3/b26-17+/t28-/m1/s1. The van der Waals surface area contributed by atoms with Crippen LogP contribution in [0.15, 0.2) is 74.0 Å². The quantitative estimate of drug-likeness (QED) is 0.137. The largest absolute Gasteiger partial charge is 0.493 e. The van der Waals surface area contributed by atoms with Gasteiger partial charge in [0.15, 0.2) is 16.3 Å². The van der Waals surface area contributed by atoms with Crippen LogP contribution in [0.2, 0.25) is 0 Å². The maximum absolute atomic E-state index is 14.1. The number of thiazole rings is 1. The second kappa shape index (κ2) is 12.7. The molecule has 44 heavy (non-hydrogen) atoms. The summed E-state index contributed by atoms with van der Waals surface area (Å²) in [5.41, 5.74) is 2.22. The first-order valence-electron chi connectivity index (χ1n) is 14.0. The fraction of sp³-hybridized carbons (Fsp3) is 0.281. The Balaban J connectivity index is 1.66. The van der Waals surface area contributed by atoms with Crippen LogP contribution in [0, 0.1) is 17.0 Å². The van der Waals surface area contributed by atoms with Crippen molar-refractivity contribution in [3.63, 3.8) is 0 Å². The highest BCUT2D eigenvalue weighted by Gasteiger charge is 2.36. The minimum Gasteiger partial charge on any atom is -0.493 e. The van der Waals surface area contributed by atoms with Crippen molar-refractivity contribution >= 4 is 29.1 Å². The number of rotatable bonds is 10. The fourth-order valence-corrected chi connectivity index (χ4v) is 6.12. The van der Waals surface area contributed by atoms with Gasteiger partial charge >= 0.3 is 5.97 Å². The Hall–Kier alpha value is -4.97. The van der Waals surface area contributed by atoms with Gasteiger partial charge in [0.05, 0.1) is 41.0 Å². The smallest absolute Gasteiger partial charge is 0.338 e. The molecule has 1 aliphatic heterocycles. The van der Waals surface area contributed by atoms with Crippen LogP contribution >= 0.6 is 11.3 Å². The van der Waals surface area contributed by atoms with E-state index < -0.39 is 16.9 Å². The van der Waals surface area contributed by atoms with Gasteiger partial charge in [-0.3, -0.25) is 19.5 Å². The Labute approximate surface area is 256 Å². The molecule has 5 rings (SSSR count). The number of furan rings is 1. The summed E-state index contributed by atoms with van der Waals surface area (Å²) in [6, 6.07) is 12.5. The Bertz CT molecular complexity index is 1970. The molecule has 11 nitrogen and oxygen atoms in total. The van der Waals surface area contributed by atoms with Crippen LogP contribution < -0.4 is 24.4 Å². The average Bonchev–Trinajstić information content (AvgIpc) is 3.58. The first-order valence-corrected chi connectivity index (χ1v) is 14.8. The van der Waals surface area contributed by atoms with E-state index in [-0.39, 0.29) is 23.4 Å². The number of non-ortho nitro benzene ring substituents is 1. The van der Waals surface area contributed by atoms with Crippen LogP contribution in [0.5, 0.6) is 11.5 Å². The molecule has 4 aromatic rings. The number of nitro groups is 1. The minimum absolute atomic E-state index is 0.00883. The highest BCUT2D eigenvalue weighted by atomic mass is 32.1. The van der Waals surface area contributed by atoms with Crippen molar-refractivity contribution in [2.75, 3.05) is 20.3 Å². The molecule has 0 spiro atoms. The van der Waals surface area contributed by atoms with Crippen LogP contribution in [0.25, 0.3) is 17.4 Å². The van der Waals surface area contributed by atoms with Crippen molar-refractivity contribution in [3.05, 3.63) is 106 Å². The number of aryl methyl sites for hydroxylation is 1. The highest BCUT2D eigenvalue weighted by molar-refractivity contribution is 7.07. The summed E-state index contributed by atoms with van der Waals surface area (Å²) in [5, 5.41) is 11.1. The van der Waals surface area contributed by atoms with Gasteiger partial charge in [-0.1, -0.05) is 30.4 Å². The molecule has 0 saturated heterocycles. The lowest BCUT2D eigenvalue weighted by atomic mass is 9.94. The van der Waals surface area contributed by atoms with Crippen molar-refractivity contribution in [2.45, 2.75) is 40.2 Å². The van der Waals surface area contributed by atoms with Gasteiger partial charge in [0.2, 0.25) is 0 Å². The van der Waals surface area contributed by atoms with Crippen LogP contribution in [0.3, 0.4) is 0 Å². The second-order valence-electron chi connectivity index (χ2n) is 9.99. The summed E-state index contributed by atoms with van der Waals surface area (Å²) < 4.78 is 25.0. The molecule has 0 fully saturated rings. The van der Waals surface area contributed by atoms with Crippen molar-refractivity contribution < 1.29 is 28.3 Å². The van der Waals surface area contributed by atoms with Gasteiger partial charge in [0.25, 0.3) is 11.2 Å². The number of hydrogen-bond donors (Lipinski definition) is 0. The van der Waals surface area contributed by atoms with E-state index in [2.05, 4.69) is 4.99 Å². The summed E-state index contributed by atoms with van der Waals surface area (Å²) in [4.78, 5) is 43.1. The number of nitrogens with zero attached hydrogens (tertiary/aromatic N) is 3. The molecule has 0 aliphatic carbocycles. The third kappa shape index (κ3) is 5.68. The fourth-order valence-electron chi connectivity index (χ4n) is 5.10. The van der Waals surface area contributed by atoms with Gasteiger partial charge in [-0.25, -0.2) is 9.79 Å². The summed E-state index contributed by atoms with van der Waals surface area (Å²) in [6.07, 6.45) is 2.36. The summed E-state index contributed by atoms with van der Waals surface area (Å²) in [7, 11) is 1.53.